The van der Waals surface area contributed by atoms with Gasteiger partial charge in [-0.25, -0.2) is 0 Å². The van der Waals surface area contributed by atoms with Crippen molar-refractivity contribution < 1.29 is 24.0 Å². The standard InChI is InChI=1S/C23H33N5O5/c1-16(9-10-21(31)26-15-29)28-14-19-18(23(28)33)6-3-7-20(19)27-22(32)8-4-11-24-12-5-13-25-17(2)30/h3,6-7,15-16,24H,4-5,8-14H2,1-2H3,(H,25,30)(H,27,32)(H,26,29,31). The average molecular weight is 460 g/mol. The molecule has 10 nitrogen and oxygen atoms in total. The number of carbonyl (C=O) groups is 5. The second-order valence-electron chi connectivity index (χ2n) is 8.08. The van der Waals surface area contributed by atoms with Gasteiger partial charge in [0.05, 0.1) is 0 Å². The van der Waals surface area contributed by atoms with E-state index in [1.54, 1.807) is 23.1 Å². The fraction of sp³-hybridized carbons (Fsp3) is 0.522. The van der Waals surface area contributed by atoms with Crippen molar-refractivity contribution in [2.75, 3.05) is 25.0 Å². The van der Waals surface area contributed by atoms with E-state index in [0.717, 1.165) is 18.5 Å². The summed E-state index contributed by atoms with van der Waals surface area (Å²) in [5.41, 5.74) is 1.96. The van der Waals surface area contributed by atoms with E-state index >= 15 is 0 Å². The van der Waals surface area contributed by atoms with E-state index in [1.165, 1.54) is 6.92 Å². The van der Waals surface area contributed by atoms with Crippen LogP contribution in [0.25, 0.3) is 0 Å². The van der Waals surface area contributed by atoms with Gasteiger partial charge in [0.25, 0.3) is 5.91 Å². The fourth-order valence-corrected chi connectivity index (χ4v) is 3.65. The molecule has 0 fully saturated rings. The number of benzene rings is 1. The van der Waals surface area contributed by atoms with Crippen LogP contribution in [0.4, 0.5) is 5.69 Å². The van der Waals surface area contributed by atoms with Gasteiger partial charge >= 0.3 is 0 Å². The Morgan fingerprint density at radius 2 is 1.85 bits per heavy atom. The number of carbonyl (C=O) groups excluding carboxylic acids is 5. The first-order chi connectivity index (χ1) is 15.8. The molecule has 0 aromatic heterocycles. The van der Waals surface area contributed by atoms with E-state index < -0.39 is 0 Å². The van der Waals surface area contributed by atoms with Crippen LogP contribution < -0.4 is 21.3 Å². The van der Waals surface area contributed by atoms with Crippen molar-refractivity contribution >= 4 is 35.7 Å². The lowest BCUT2D eigenvalue weighted by molar-refractivity contribution is -0.125. The number of nitrogens with zero attached hydrogens (tertiary/aromatic N) is 1. The number of amides is 5. The molecule has 2 rings (SSSR count). The van der Waals surface area contributed by atoms with E-state index in [1.807, 2.05) is 6.92 Å². The third-order valence-corrected chi connectivity index (χ3v) is 5.47. The summed E-state index contributed by atoms with van der Waals surface area (Å²) in [7, 11) is 0. The Morgan fingerprint density at radius 1 is 1.09 bits per heavy atom. The minimum Gasteiger partial charge on any atom is -0.356 e. The highest BCUT2D eigenvalue weighted by atomic mass is 16.2. The topological polar surface area (TPSA) is 137 Å². The minimum absolute atomic E-state index is 0.0414. The molecule has 1 atom stereocenters. The smallest absolute Gasteiger partial charge is 0.254 e. The first-order valence-corrected chi connectivity index (χ1v) is 11.2. The summed E-state index contributed by atoms with van der Waals surface area (Å²) in [4.78, 5) is 59.6. The Labute approximate surface area is 193 Å². The molecule has 1 aromatic carbocycles. The van der Waals surface area contributed by atoms with Crippen molar-refractivity contribution in [2.45, 2.75) is 58.5 Å². The fourth-order valence-electron chi connectivity index (χ4n) is 3.65. The zero-order valence-corrected chi connectivity index (χ0v) is 19.2. The molecular weight excluding hydrogens is 426 g/mol. The van der Waals surface area contributed by atoms with Crippen LogP contribution in [-0.2, 0) is 25.7 Å². The van der Waals surface area contributed by atoms with Crippen LogP contribution >= 0.6 is 0 Å². The van der Waals surface area contributed by atoms with Gasteiger partial charge in [-0.3, -0.25) is 29.3 Å². The van der Waals surface area contributed by atoms with Crippen LogP contribution in [0.5, 0.6) is 0 Å². The molecule has 0 aliphatic carbocycles. The van der Waals surface area contributed by atoms with Gasteiger partial charge in [-0.1, -0.05) is 6.07 Å². The lowest BCUT2D eigenvalue weighted by Gasteiger charge is -2.24. The van der Waals surface area contributed by atoms with Crippen molar-refractivity contribution in [3.63, 3.8) is 0 Å². The third-order valence-electron chi connectivity index (χ3n) is 5.47. The molecule has 0 spiro atoms. The van der Waals surface area contributed by atoms with Crippen LogP contribution in [0.3, 0.4) is 0 Å². The molecule has 0 radical (unpaired) electrons. The van der Waals surface area contributed by atoms with E-state index in [4.69, 9.17) is 0 Å². The van der Waals surface area contributed by atoms with Crippen molar-refractivity contribution in [3.8, 4) is 0 Å². The lowest BCUT2D eigenvalue weighted by Crippen LogP contribution is -2.34. The van der Waals surface area contributed by atoms with Gasteiger partial charge in [0.1, 0.15) is 0 Å². The molecule has 10 heteroatoms. The normalized spacial score (nSPS) is 13.3. The summed E-state index contributed by atoms with van der Waals surface area (Å²) in [5, 5.41) is 11.0. The number of hydrogen-bond donors (Lipinski definition) is 4. The Hall–Kier alpha value is -3.27. The number of hydrogen-bond acceptors (Lipinski definition) is 6. The number of imide groups is 1. The maximum absolute atomic E-state index is 12.8. The molecule has 5 amide bonds. The Morgan fingerprint density at radius 3 is 2.58 bits per heavy atom. The summed E-state index contributed by atoms with van der Waals surface area (Å²) in [6.07, 6.45) is 2.77. The van der Waals surface area contributed by atoms with Crippen LogP contribution in [0, 0.1) is 0 Å². The van der Waals surface area contributed by atoms with E-state index in [9.17, 15) is 24.0 Å². The highest BCUT2D eigenvalue weighted by molar-refractivity contribution is 6.02. The van der Waals surface area contributed by atoms with Gasteiger partial charge in [-0.15, -0.1) is 0 Å². The van der Waals surface area contributed by atoms with E-state index in [-0.39, 0.29) is 36.1 Å². The average Bonchev–Trinajstić information content (AvgIpc) is 3.11. The molecule has 4 N–H and O–H groups in total. The van der Waals surface area contributed by atoms with Gasteiger partial charge in [0.15, 0.2) is 0 Å². The second-order valence-corrected chi connectivity index (χ2v) is 8.08. The highest BCUT2D eigenvalue weighted by Crippen LogP contribution is 2.31. The van der Waals surface area contributed by atoms with E-state index in [0.29, 0.717) is 56.6 Å². The lowest BCUT2D eigenvalue weighted by atomic mass is 10.1. The summed E-state index contributed by atoms with van der Waals surface area (Å²) in [6.45, 7) is 5.79. The van der Waals surface area contributed by atoms with Crippen molar-refractivity contribution in [2.24, 2.45) is 0 Å². The monoisotopic (exact) mass is 459 g/mol. The van der Waals surface area contributed by atoms with E-state index in [2.05, 4.69) is 21.3 Å². The summed E-state index contributed by atoms with van der Waals surface area (Å²) in [6, 6.07) is 5.08. The van der Waals surface area contributed by atoms with Gasteiger partial charge in [-0.2, -0.15) is 0 Å². The molecule has 33 heavy (non-hydrogen) atoms. The quantitative estimate of drug-likeness (QED) is 0.241. The van der Waals surface area contributed by atoms with Gasteiger partial charge < -0.3 is 20.9 Å². The first kappa shape index (κ1) is 26.0. The Kier molecular flexibility index (Phi) is 10.5. The number of nitrogens with one attached hydrogen (secondary N) is 4. The first-order valence-electron chi connectivity index (χ1n) is 11.2. The predicted octanol–water partition coefficient (Wildman–Crippen LogP) is 0.918. The van der Waals surface area contributed by atoms with Gasteiger partial charge in [-0.05, 0) is 51.4 Å². The van der Waals surface area contributed by atoms with Gasteiger partial charge in [0.2, 0.25) is 24.1 Å². The van der Waals surface area contributed by atoms with Crippen LogP contribution in [0.1, 0.15) is 61.9 Å². The molecule has 180 valence electrons. The minimum atomic E-state index is -0.379. The predicted molar refractivity (Wildman–Crippen MR) is 123 cm³/mol. The highest BCUT2D eigenvalue weighted by Gasteiger charge is 2.32. The Bertz CT molecular complexity index is 873. The molecular formula is C23H33N5O5. The van der Waals surface area contributed by atoms with Crippen molar-refractivity contribution in [1.82, 2.24) is 20.9 Å². The number of rotatable bonds is 14. The van der Waals surface area contributed by atoms with Crippen molar-refractivity contribution in [3.05, 3.63) is 29.3 Å². The molecule has 1 aromatic rings. The summed E-state index contributed by atoms with van der Waals surface area (Å²) in [5.74, 6) is -0.669. The van der Waals surface area contributed by atoms with Crippen LogP contribution in [0.2, 0.25) is 0 Å². The maximum Gasteiger partial charge on any atom is 0.254 e. The molecule has 1 heterocycles. The largest absolute Gasteiger partial charge is 0.356 e. The zero-order chi connectivity index (χ0) is 24.2. The zero-order valence-electron chi connectivity index (χ0n) is 19.2. The molecule has 0 bridgehead atoms. The maximum atomic E-state index is 12.8. The Balaban J connectivity index is 1.80. The molecule has 0 saturated heterocycles. The number of fused-ring (bicyclic) bond motifs is 1. The second kappa shape index (κ2) is 13.3. The molecule has 1 aliphatic heterocycles. The molecule has 0 saturated carbocycles. The van der Waals surface area contributed by atoms with Crippen LogP contribution in [0.15, 0.2) is 18.2 Å². The number of anilines is 1. The van der Waals surface area contributed by atoms with Crippen LogP contribution in [-0.4, -0.2) is 60.6 Å². The molecule has 1 aliphatic rings. The third kappa shape index (κ3) is 8.30. The molecule has 1 unspecified atom stereocenters. The van der Waals surface area contributed by atoms with Gasteiger partial charge in [0, 0.05) is 55.7 Å². The summed E-state index contributed by atoms with van der Waals surface area (Å²) < 4.78 is 0. The van der Waals surface area contributed by atoms with Crippen molar-refractivity contribution in [1.29, 1.82) is 0 Å². The summed E-state index contributed by atoms with van der Waals surface area (Å²) >= 11 is 0. The SMILES string of the molecule is CC(=O)NCCCNCCCC(=O)Nc1cccc2c1CN(C(C)CCC(=O)NC=O)C2=O.